The Labute approximate surface area is 178 Å². The van der Waals surface area contributed by atoms with Gasteiger partial charge in [-0.15, -0.1) is 24.2 Å². The van der Waals surface area contributed by atoms with Gasteiger partial charge in [0.05, 0.1) is 11.3 Å². The first-order valence-corrected chi connectivity index (χ1v) is 11.1. The van der Waals surface area contributed by atoms with Gasteiger partial charge in [0.25, 0.3) is 0 Å². The van der Waals surface area contributed by atoms with Crippen LogP contribution in [-0.2, 0) is 15.3 Å². The summed E-state index contributed by atoms with van der Waals surface area (Å²) in [7, 11) is 0. The lowest BCUT2D eigenvalue weighted by Crippen LogP contribution is -2.48. The number of hydrogen-bond acceptors (Lipinski definition) is 4. The quantitative estimate of drug-likeness (QED) is 0.705. The minimum Gasteiger partial charge on any atom is -0.354 e. The lowest BCUT2D eigenvalue weighted by molar-refractivity contribution is -0.132. The van der Waals surface area contributed by atoms with Crippen LogP contribution >= 0.6 is 24.2 Å². The molecule has 5 nitrogen and oxygen atoms in total. The highest BCUT2D eigenvalue weighted by Crippen LogP contribution is 2.23. The number of amides is 2. The summed E-state index contributed by atoms with van der Waals surface area (Å²) >= 11 is 1.70. The van der Waals surface area contributed by atoms with Crippen molar-refractivity contribution in [2.24, 2.45) is 5.92 Å². The molecule has 3 unspecified atom stereocenters. The number of nitrogens with zero attached hydrogens (tertiary/aromatic N) is 1. The van der Waals surface area contributed by atoms with E-state index in [0.717, 1.165) is 51.1 Å². The molecule has 2 amide bonds. The van der Waals surface area contributed by atoms with Crippen molar-refractivity contribution in [3.8, 4) is 0 Å². The Morgan fingerprint density at radius 2 is 2.04 bits per heavy atom. The van der Waals surface area contributed by atoms with Gasteiger partial charge in [-0.25, -0.2) is 0 Å². The van der Waals surface area contributed by atoms with Gasteiger partial charge in [-0.3, -0.25) is 9.59 Å². The molecule has 0 bridgehead atoms. The minimum absolute atomic E-state index is 0. The summed E-state index contributed by atoms with van der Waals surface area (Å²) in [5, 5.41) is 6.28. The average Bonchev–Trinajstić information content (AvgIpc) is 3.25. The van der Waals surface area contributed by atoms with Gasteiger partial charge in [0.15, 0.2) is 0 Å². The van der Waals surface area contributed by atoms with Crippen LogP contribution in [0.25, 0.3) is 0 Å². The molecule has 2 heterocycles. The molecule has 1 aromatic rings. The number of hydrogen-bond donors (Lipinski definition) is 2. The third kappa shape index (κ3) is 6.68. The van der Waals surface area contributed by atoms with Crippen LogP contribution in [-0.4, -0.2) is 54.2 Å². The van der Waals surface area contributed by atoms with Crippen LogP contribution in [0.15, 0.2) is 30.3 Å². The summed E-state index contributed by atoms with van der Waals surface area (Å²) < 4.78 is 0. The van der Waals surface area contributed by atoms with Crippen LogP contribution < -0.4 is 10.6 Å². The minimum atomic E-state index is -0.0405. The van der Waals surface area contributed by atoms with Crippen molar-refractivity contribution in [3.63, 3.8) is 0 Å². The molecule has 1 aromatic carbocycles. The average molecular weight is 426 g/mol. The maximum absolute atomic E-state index is 12.8. The Bertz CT molecular complexity index is 625. The number of thioether (sulfide) groups is 1. The second kappa shape index (κ2) is 11.7. The topological polar surface area (TPSA) is 61.4 Å². The first-order chi connectivity index (χ1) is 13.1. The van der Waals surface area contributed by atoms with Crippen LogP contribution in [0.3, 0.4) is 0 Å². The second-order valence-corrected chi connectivity index (χ2v) is 8.95. The van der Waals surface area contributed by atoms with E-state index in [9.17, 15) is 9.59 Å². The van der Waals surface area contributed by atoms with E-state index in [1.165, 1.54) is 5.56 Å². The molecular weight excluding hydrogens is 394 g/mol. The van der Waals surface area contributed by atoms with E-state index in [1.54, 1.807) is 11.8 Å². The van der Waals surface area contributed by atoms with Crippen molar-refractivity contribution in [3.05, 3.63) is 35.9 Å². The van der Waals surface area contributed by atoms with Crippen LogP contribution in [0, 0.1) is 5.92 Å². The fourth-order valence-corrected chi connectivity index (χ4v) is 4.76. The van der Waals surface area contributed by atoms with Gasteiger partial charge < -0.3 is 15.5 Å². The number of nitrogens with one attached hydrogen (secondary N) is 2. The van der Waals surface area contributed by atoms with Crippen LogP contribution in [0.4, 0.5) is 0 Å². The fraction of sp³-hybridized carbons (Fsp3) is 0.619. The second-order valence-electron chi connectivity index (χ2n) is 7.63. The number of carbonyl (C=O) groups is 2. The monoisotopic (exact) mass is 425 g/mol. The zero-order chi connectivity index (χ0) is 19.1. The molecule has 28 heavy (non-hydrogen) atoms. The van der Waals surface area contributed by atoms with Crippen LogP contribution in [0.2, 0.25) is 0 Å². The maximum atomic E-state index is 12.8. The first-order valence-electron chi connectivity index (χ1n) is 10.1. The van der Waals surface area contributed by atoms with Gasteiger partial charge in [0.2, 0.25) is 11.8 Å². The molecule has 3 atom stereocenters. The van der Waals surface area contributed by atoms with E-state index < -0.39 is 0 Å². The molecule has 156 valence electrons. The van der Waals surface area contributed by atoms with Gasteiger partial charge in [-0.05, 0) is 50.6 Å². The number of carbonyl (C=O) groups excluding carboxylic acids is 2. The van der Waals surface area contributed by atoms with E-state index in [2.05, 4.69) is 22.8 Å². The summed E-state index contributed by atoms with van der Waals surface area (Å²) in [6.45, 7) is 5.21. The Balaban J connectivity index is 0.00000280. The van der Waals surface area contributed by atoms with Crippen LogP contribution in [0.5, 0.6) is 0 Å². The highest BCUT2D eigenvalue weighted by Gasteiger charge is 2.28. The standard InChI is InChI=1S/C21H31N3O2S.ClH/c1-16(27-15-17-7-3-2-4-8-17)21(26)24-12-6-9-18(14-24)13-23-20(25)19-10-5-11-22-19;/h2-4,7-8,16,18-19,22H,5-6,9-15H2,1H3,(H,23,25);1H. The predicted octanol–water partition coefficient (Wildman–Crippen LogP) is 2.84. The van der Waals surface area contributed by atoms with Crippen molar-refractivity contribution in [1.29, 1.82) is 0 Å². The molecule has 0 aromatic heterocycles. The molecule has 2 aliphatic rings. The van der Waals surface area contributed by atoms with Crippen molar-refractivity contribution in [1.82, 2.24) is 15.5 Å². The molecule has 7 heteroatoms. The van der Waals surface area contributed by atoms with Crippen molar-refractivity contribution in [2.75, 3.05) is 26.2 Å². The third-order valence-corrected chi connectivity index (χ3v) is 6.66. The predicted molar refractivity (Wildman–Crippen MR) is 118 cm³/mol. The largest absolute Gasteiger partial charge is 0.354 e. The molecule has 0 aliphatic carbocycles. The molecule has 0 saturated carbocycles. The summed E-state index contributed by atoms with van der Waals surface area (Å²) in [5.41, 5.74) is 1.25. The number of piperidine rings is 1. The Morgan fingerprint density at radius 1 is 1.25 bits per heavy atom. The zero-order valence-electron chi connectivity index (χ0n) is 16.6. The highest BCUT2D eigenvalue weighted by molar-refractivity contribution is 7.99. The van der Waals surface area contributed by atoms with Gasteiger partial charge >= 0.3 is 0 Å². The SMILES string of the molecule is CC(SCc1ccccc1)C(=O)N1CCCC(CNC(=O)C2CCCN2)C1.Cl. The number of halogens is 1. The Kier molecular flexibility index (Phi) is 9.62. The van der Waals surface area contributed by atoms with E-state index in [1.807, 2.05) is 30.0 Å². The Hall–Kier alpha value is -1.24. The summed E-state index contributed by atoms with van der Waals surface area (Å²) in [5.74, 6) is 1.56. The highest BCUT2D eigenvalue weighted by atomic mass is 35.5. The molecule has 2 fully saturated rings. The van der Waals surface area contributed by atoms with E-state index in [-0.39, 0.29) is 35.5 Å². The lowest BCUT2D eigenvalue weighted by atomic mass is 9.97. The van der Waals surface area contributed by atoms with Crippen molar-refractivity contribution < 1.29 is 9.59 Å². The molecule has 3 rings (SSSR count). The summed E-state index contributed by atoms with van der Waals surface area (Å²) in [6.07, 6.45) is 4.09. The van der Waals surface area contributed by atoms with Crippen molar-refractivity contribution >= 4 is 36.0 Å². The molecule has 2 saturated heterocycles. The molecule has 0 spiro atoms. The zero-order valence-corrected chi connectivity index (χ0v) is 18.2. The van der Waals surface area contributed by atoms with E-state index in [4.69, 9.17) is 0 Å². The fourth-order valence-electron chi connectivity index (χ4n) is 3.83. The summed E-state index contributed by atoms with van der Waals surface area (Å²) in [6, 6.07) is 10.3. The smallest absolute Gasteiger partial charge is 0.237 e. The maximum Gasteiger partial charge on any atom is 0.237 e. The Morgan fingerprint density at radius 3 is 2.75 bits per heavy atom. The van der Waals surface area contributed by atoms with Crippen molar-refractivity contribution in [2.45, 2.75) is 49.7 Å². The summed E-state index contributed by atoms with van der Waals surface area (Å²) in [4.78, 5) is 27.0. The lowest BCUT2D eigenvalue weighted by Gasteiger charge is -2.34. The van der Waals surface area contributed by atoms with Gasteiger partial charge in [0, 0.05) is 25.4 Å². The molecule has 2 N–H and O–H groups in total. The van der Waals surface area contributed by atoms with Gasteiger partial charge in [0.1, 0.15) is 0 Å². The van der Waals surface area contributed by atoms with E-state index in [0.29, 0.717) is 12.5 Å². The van der Waals surface area contributed by atoms with Crippen LogP contribution in [0.1, 0.15) is 38.2 Å². The molecule has 0 radical (unpaired) electrons. The van der Waals surface area contributed by atoms with Gasteiger partial charge in [-0.2, -0.15) is 0 Å². The third-order valence-electron chi connectivity index (χ3n) is 5.46. The molecular formula is C21H32ClN3O2S. The molecule has 2 aliphatic heterocycles. The first kappa shape index (κ1) is 23.0. The number of benzene rings is 1. The van der Waals surface area contributed by atoms with E-state index >= 15 is 0 Å². The number of rotatable bonds is 7. The number of likely N-dealkylation sites (tertiary alicyclic amines) is 1. The van der Waals surface area contributed by atoms with Gasteiger partial charge in [-0.1, -0.05) is 30.3 Å². The normalized spacial score (nSPS) is 23.0.